The minimum atomic E-state index is -0.974. The molecular formula is C12H14N2O3. The van der Waals surface area contributed by atoms with Crippen LogP contribution < -0.4 is 11.1 Å². The number of amides is 1. The molecule has 1 aliphatic rings. The minimum absolute atomic E-state index is 0.208. The zero-order valence-corrected chi connectivity index (χ0v) is 9.49. The molecule has 0 atom stereocenters. The number of carboxylic acids is 1. The first-order valence-corrected chi connectivity index (χ1v) is 5.37. The quantitative estimate of drug-likeness (QED) is 0.730. The van der Waals surface area contributed by atoms with E-state index in [0.717, 1.165) is 0 Å². The number of anilines is 1. The number of rotatable bonds is 3. The van der Waals surface area contributed by atoms with Crippen LogP contribution in [-0.4, -0.2) is 22.5 Å². The average molecular weight is 234 g/mol. The van der Waals surface area contributed by atoms with E-state index in [-0.39, 0.29) is 11.5 Å². The van der Waals surface area contributed by atoms with Crippen molar-refractivity contribution in [3.05, 3.63) is 29.3 Å². The number of benzene rings is 1. The van der Waals surface area contributed by atoms with Crippen molar-refractivity contribution < 1.29 is 14.7 Å². The Kier molecular flexibility index (Phi) is 2.63. The van der Waals surface area contributed by atoms with Crippen LogP contribution in [0.5, 0.6) is 0 Å². The minimum Gasteiger partial charge on any atom is -0.478 e. The first-order valence-electron chi connectivity index (χ1n) is 5.37. The highest BCUT2D eigenvalue weighted by Gasteiger charge is 2.45. The Morgan fingerprint density at radius 2 is 2.06 bits per heavy atom. The molecule has 0 spiro atoms. The zero-order valence-electron chi connectivity index (χ0n) is 9.49. The number of hydrogen-bond acceptors (Lipinski definition) is 3. The maximum atomic E-state index is 11.7. The zero-order chi connectivity index (χ0) is 12.6. The van der Waals surface area contributed by atoms with E-state index in [1.54, 1.807) is 19.1 Å². The van der Waals surface area contributed by atoms with Gasteiger partial charge in [-0.1, -0.05) is 0 Å². The summed E-state index contributed by atoms with van der Waals surface area (Å²) >= 11 is 0. The number of carbonyl (C=O) groups excluding carboxylic acids is 1. The molecular weight excluding hydrogens is 220 g/mol. The van der Waals surface area contributed by atoms with E-state index in [1.165, 1.54) is 6.07 Å². The summed E-state index contributed by atoms with van der Waals surface area (Å²) in [6.45, 7) is 1.69. The van der Waals surface area contributed by atoms with Gasteiger partial charge in [0.25, 0.3) is 0 Å². The van der Waals surface area contributed by atoms with Crippen molar-refractivity contribution in [2.45, 2.75) is 25.3 Å². The summed E-state index contributed by atoms with van der Waals surface area (Å²) in [4.78, 5) is 22.5. The molecule has 1 fully saturated rings. The van der Waals surface area contributed by atoms with Crippen LogP contribution in [0.3, 0.4) is 0 Å². The van der Waals surface area contributed by atoms with Gasteiger partial charge in [0.15, 0.2) is 0 Å². The van der Waals surface area contributed by atoms with Gasteiger partial charge in [-0.3, -0.25) is 4.79 Å². The van der Waals surface area contributed by atoms with E-state index >= 15 is 0 Å². The third-order valence-corrected chi connectivity index (χ3v) is 2.96. The Hall–Kier alpha value is -1.88. The van der Waals surface area contributed by atoms with Crippen LogP contribution in [0.2, 0.25) is 0 Å². The Labute approximate surface area is 98.6 Å². The highest BCUT2D eigenvalue weighted by atomic mass is 16.4. The fraction of sp³-hybridized carbons (Fsp3) is 0.333. The highest BCUT2D eigenvalue weighted by molar-refractivity contribution is 6.00. The Balaban J connectivity index is 2.15. The molecule has 0 unspecified atom stereocenters. The molecule has 1 aromatic rings. The molecule has 1 aliphatic carbocycles. The molecule has 0 aliphatic heterocycles. The molecule has 5 nitrogen and oxygen atoms in total. The highest BCUT2D eigenvalue weighted by Crippen LogP contribution is 2.33. The van der Waals surface area contributed by atoms with E-state index in [9.17, 15) is 9.59 Å². The molecule has 0 heterocycles. The molecule has 2 rings (SSSR count). The predicted octanol–water partition coefficient (Wildman–Crippen LogP) is 1.12. The van der Waals surface area contributed by atoms with Crippen molar-refractivity contribution in [2.24, 2.45) is 5.73 Å². The number of nitrogens with two attached hydrogens (primary N) is 1. The molecule has 5 heteroatoms. The van der Waals surface area contributed by atoms with Crippen LogP contribution in [-0.2, 0) is 4.79 Å². The van der Waals surface area contributed by atoms with E-state index in [4.69, 9.17) is 10.8 Å². The smallest absolute Gasteiger partial charge is 0.335 e. The van der Waals surface area contributed by atoms with Crippen molar-refractivity contribution in [2.75, 3.05) is 5.32 Å². The van der Waals surface area contributed by atoms with Gasteiger partial charge < -0.3 is 16.2 Å². The van der Waals surface area contributed by atoms with Gasteiger partial charge in [0.05, 0.1) is 11.1 Å². The summed E-state index contributed by atoms with van der Waals surface area (Å²) in [5.41, 5.74) is 6.44. The molecule has 17 heavy (non-hydrogen) atoms. The Morgan fingerprint density at radius 1 is 1.41 bits per heavy atom. The van der Waals surface area contributed by atoms with Crippen molar-refractivity contribution in [1.82, 2.24) is 0 Å². The topological polar surface area (TPSA) is 92.4 Å². The first-order chi connectivity index (χ1) is 7.92. The summed E-state index contributed by atoms with van der Waals surface area (Å²) < 4.78 is 0. The fourth-order valence-electron chi connectivity index (χ4n) is 1.60. The number of carboxylic acid groups (broad SMARTS) is 1. The number of carbonyl (C=O) groups is 2. The molecule has 1 saturated carbocycles. The molecule has 1 aromatic carbocycles. The Morgan fingerprint density at radius 3 is 2.53 bits per heavy atom. The lowest BCUT2D eigenvalue weighted by Gasteiger charge is -2.11. The number of nitrogens with one attached hydrogen (secondary N) is 1. The molecule has 0 saturated heterocycles. The van der Waals surface area contributed by atoms with Gasteiger partial charge in [0.1, 0.15) is 0 Å². The second-order valence-electron chi connectivity index (χ2n) is 4.45. The van der Waals surface area contributed by atoms with Crippen LogP contribution in [0.4, 0.5) is 5.69 Å². The van der Waals surface area contributed by atoms with E-state index in [0.29, 0.717) is 24.1 Å². The largest absolute Gasteiger partial charge is 0.478 e. The van der Waals surface area contributed by atoms with Crippen LogP contribution in [0.1, 0.15) is 28.8 Å². The SMILES string of the molecule is Cc1cc(NC(=O)C2(N)CC2)ccc1C(=O)O. The van der Waals surface area contributed by atoms with Crippen LogP contribution in [0, 0.1) is 6.92 Å². The molecule has 0 bridgehead atoms. The second-order valence-corrected chi connectivity index (χ2v) is 4.45. The maximum Gasteiger partial charge on any atom is 0.335 e. The fourth-order valence-corrected chi connectivity index (χ4v) is 1.60. The normalized spacial score (nSPS) is 16.4. The van der Waals surface area contributed by atoms with Crippen LogP contribution in [0.15, 0.2) is 18.2 Å². The number of aryl methyl sites for hydroxylation is 1. The van der Waals surface area contributed by atoms with E-state index in [2.05, 4.69) is 5.32 Å². The maximum absolute atomic E-state index is 11.7. The van der Waals surface area contributed by atoms with Gasteiger partial charge in [-0.05, 0) is 43.5 Å². The monoisotopic (exact) mass is 234 g/mol. The average Bonchev–Trinajstić information content (AvgIpc) is 2.97. The molecule has 90 valence electrons. The van der Waals surface area contributed by atoms with Crippen LogP contribution >= 0.6 is 0 Å². The van der Waals surface area contributed by atoms with E-state index < -0.39 is 11.5 Å². The lowest BCUT2D eigenvalue weighted by atomic mass is 10.1. The lowest BCUT2D eigenvalue weighted by molar-refractivity contribution is -0.118. The summed E-state index contributed by atoms with van der Waals surface area (Å²) in [5, 5.41) is 11.6. The molecule has 1 amide bonds. The van der Waals surface area contributed by atoms with E-state index in [1.807, 2.05) is 0 Å². The summed E-state index contributed by atoms with van der Waals surface area (Å²) in [5.74, 6) is -1.18. The summed E-state index contributed by atoms with van der Waals surface area (Å²) in [6, 6.07) is 4.68. The summed E-state index contributed by atoms with van der Waals surface area (Å²) in [7, 11) is 0. The molecule has 0 aromatic heterocycles. The number of aromatic carboxylic acids is 1. The molecule has 0 radical (unpaired) electrons. The van der Waals surface area contributed by atoms with Gasteiger partial charge in [0, 0.05) is 5.69 Å². The van der Waals surface area contributed by atoms with Gasteiger partial charge in [-0.25, -0.2) is 4.79 Å². The third kappa shape index (κ3) is 2.29. The van der Waals surface area contributed by atoms with Crippen LogP contribution in [0.25, 0.3) is 0 Å². The van der Waals surface area contributed by atoms with Gasteiger partial charge >= 0.3 is 5.97 Å². The number of hydrogen-bond donors (Lipinski definition) is 3. The summed E-state index contributed by atoms with van der Waals surface area (Å²) in [6.07, 6.45) is 1.40. The first kappa shape index (κ1) is 11.6. The predicted molar refractivity (Wildman–Crippen MR) is 62.9 cm³/mol. The standard InChI is InChI=1S/C12H14N2O3/c1-7-6-8(2-3-9(7)10(15)16)14-11(17)12(13)4-5-12/h2-3,6H,4-5,13H2,1H3,(H,14,17)(H,15,16). The van der Waals surface area contributed by atoms with Crippen molar-refractivity contribution >= 4 is 17.6 Å². The Bertz CT molecular complexity index is 493. The van der Waals surface area contributed by atoms with Gasteiger partial charge in [0.2, 0.25) is 5.91 Å². The van der Waals surface area contributed by atoms with Gasteiger partial charge in [-0.2, -0.15) is 0 Å². The third-order valence-electron chi connectivity index (χ3n) is 2.96. The van der Waals surface area contributed by atoms with Crippen molar-refractivity contribution in [1.29, 1.82) is 0 Å². The lowest BCUT2D eigenvalue weighted by Crippen LogP contribution is -2.37. The molecule has 4 N–H and O–H groups in total. The van der Waals surface area contributed by atoms with Crippen molar-refractivity contribution in [3.63, 3.8) is 0 Å². The second kappa shape index (κ2) is 3.85. The van der Waals surface area contributed by atoms with Gasteiger partial charge in [-0.15, -0.1) is 0 Å². The van der Waals surface area contributed by atoms with Crippen molar-refractivity contribution in [3.8, 4) is 0 Å².